The largest absolute Gasteiger partial charge is 0.384 e. The molecule has 2 rings (SSSR count). The molecule has 0 bridgehead atoms. The van der Waals surface area contributed by atoms with E-state index in [1.807, 2.05) is 45.2 Å². The lowest BCUT2D eigenvalue weighted by atomic mass is 10.1. The van der Waals surface area contributed by atoms with Gasteiger partial charge >= 0.3 is 5.69 Å². The van der Waals surface area contributed by atoms with E-state index in [0.717, 1.165) is 16.0 Å². The van der Waals surface area contributed by atoms with Crippen molar-refractivity contribution in [2.45, 2.75) is 33.4 Å². The van der Waals surface area contributed by atoms with Crippen molar-refractivity contribution in [1.82, 2.24) is 9.55 Å². The predicted molar refractivity (Wildman–Crippen MR) is 97.0 cm³/mol. The molecule has 0 aliphatic carbocycles. The second kappa shape index (κ2) is 7.94. The van der Waals surface area contributed by atoms with Gasteiger partial charge in [0.1, 0.15) is 24.5 Å². The van der Waals surface area contributed by atoms with Gasteiger partial charge in [0.2, 0.25) is 5.78 Å². The molecule has 0 aliphatic rings. The van der Waals surface area contributed by atoms with Gasteiger partial charge in [-0.1, -0.05) is 31.2 Å². The van der Waals surface area contributed by atoms with Gasteiger partial charge in [-0.3, -0.25) is 19.1 Å². The number of aryl methyl sites for hydroxylation is 1. The first-order valence-electron chi connectivity index (χ1n) is 8.36. The molecule has 25 heavy (non-hydrogen) atoms. The number of carbonyl (C=O) groups excluding carboxylic acids is 1. The Morgan fingerprint density at radius 3 is 2.60 bits per heavy atom. The van der Waals surface area contributed by atoms with Crippen LogP contribution in [0.4, 0.5) is 5.82 Å². The second-order valence-corrected chi connectivity index (χ2v) is 6.33. The molecule has 0 radical (unpaired) electrons. The van der Waals surface area contributed by atoms with Crippen LogP contribution in [0.2, 0.25) is 0 Å². The maximum atomic E-state index is 12.6. The first kappa shape index (κ1) is 18.7. The molecule has 0 spiro atoms. The summed E-state index contributed by atoms with van der Waals surface area (Å²) in [6.45, 7) is 5.04. The molecule has 7 nitrogen and oxygen atoms in total. The van der Waals surface area contributed by atoms with Crippen molar-refractivity contribution in [1.29, 1.82) is 0 Å². The van der Waals surface area contributed by atoms with Crippen LogP contribution in [0.15, 0.2) is 33.9 Å². The van der Waals surface area contributed by atoms with Gasteiger partial charge in [0.25, 0.3) is 5.56 Å². The lowest BCUT2D eigenvalue weighted by Crippen LogP contribution is -3.08. The summed E-state index contributed by atoms with van der Waals surface area (Å²) in [5.41, 5.74) is 6.81. The fraction of sp³-hybridized carbons (Fsp3) is 0.389. The fourth-order valence-electron chi connectivity index (χ4n) is 2.86. The number of aromatic nitrogens is 2. The highest BCUT2D eigenvalue weighted by Gasteiger charge is 2.22. The van der Waals surface area contributed by atoms with E-state index in [1.165, 1.54) is 4.57 Å². The van der Waals surface area contributed by atoms with Gasteiger partial charge in [0.15, 0.2) is 0 Å². The highest BCUT2D eigenvalue weighted by atomic mass is 16.2. The van der Waals surface area contributed by atoms with Crippen molar-refractivity contribution >= 4 is 11.6 Å². The number of quaternary nitrogens is 1. The smallest absolute Gasteiger partial charge is 0.329 e. The molecule has 4 N–H and O–H groups in total. The van der Waals surface area contributed by atoms with E-state index >= 15 is 0 Å². The van der Waals surface area contributed by atoms with E-state index < -0.39 is 11.2 Å². The fourth-order valence-corrected chi connectivity index (χ4v) is 2.86. The van der Waals surface area contributed by atoms with Crippen molar-refractivity contribution in [3.8, 4) is 0 Å². The Morgan fingerprint density at radius 1 is 1.28 bits per heavy atom. The van der Waals surface area contributed by atoms with Crippen molar-refractivity contribution in [2.24, 2.45) is 0 Å². The van der Waals surface area contributed by atoms with Crippen molar-refractivity contribution in [3.63, 3.8) is 0 Å². The number of aromatic amines is 1. The van der Waals surface area contributed by atoms with Crippen LogP contribution in [0.1, 0.15) is 34.8 Å². The van der Waals surface area contributed by atoms with Gasteiger partial charge in [-0.2, -0.15) is 0 Å². The van der Waals surface area contributed by atoms with Gasteiger partial charge in [-0.05, 0) is 18.9 Å². The predicted octanol–water partition coefficient (Wildman–Crippen LogP) is -0.265. The van der Waals surface area contributed by atoms with Crippen LogP contribution >= 0.6 is 0 Å². The Bertz CT molecular complexity index is 883. The molecule has 0 saturated carbocycles. The molecule has 1 aromatic heterocycles. The van der Waals surface area contributed by atoms with Gasteiger partial charge in [-0.25, -0.2) is 4.79 Å². The number of nitrogens with two attached hydrogens (primary N) is 1. The van der Waals surface area contributed by atoms with Gasteiger partial charge in [0, 0.05) is 12.1 Å². The summed E-state index contributed by atoms with van der Waals surface area (Å²) in [6.07, 6.45) is 0.669. The number of likely N-dealkylation sites (N-methyl/N-ethyl adjacent to an activating group) is 1. The normalized spacial score (nSPS) is 12.1. The maximum absolute atomic E-state index is 12.6. The van der Waals surface area contributed by atoms with E-state index in [2.05, 4.69) is 4.98 Å². The van der Waals surface area contributed by atoms with Crippen LogP contribution in [-0.2, 0) is 13.1 Å². The third-order valence-corrected chi connectivity index (χ3v) is 4.18. The average molecular weight is 345 g/mol. The first-order chi connectivity index (χ1) is 11.8. The minimum Gasteiger partial charge on any atom is -0.384 e. The molecule has 0 saturated heterocycles. The number of hydrogen-bond donors (Lipinski definition) is 3. The van der Waals surface area contributed by atoms with Crippen molar-refractivity contribution in [2.75, 3.05) is 19.3 Å². The Balaban J connectivity index is 2.23. The standard InChI is InChI=1S/C18H24N4O3/c1-4-9-22-16(19)15(17(24)20-18(22)25)14(23)11-21(3)10-13-8-6-5-7-12(13)2/h5-8H,4,9-11,19H2,1-3H3,(H,20,24,25)/p+1. The van der Waals surface area contributed by atoms with Crippen LogP contribution in [0.25, 0.3) is 0 Å². The van der Waals surface area contributed by atoms with Crippen LogP contribution in [-0.4, -0.2) is 28.9 Å². The van der Waals surface area contributed by atoms with Crippen LogP contribution in [0.5, 0.6) is 0 Å². The van der Waals surface area contributed by atoms with E-state index in [9.17, 15) is 14.4 Å². The molecular formula is C18H25N4O3+. The lowest BCUT2D eigenvalue weighted by Gasteiger charge is -2.16. The topological polar surface area (TPSA) is 102 Å². The third-order valence-electron chi connectivity index (χ3n) is 4.18. The van der Waals surface area contributed by atoms with Crippen molar-refractivity contribution in [3.05, 3.63) is 61.8 Å². The molecule has 0 fully saturated rings. The number of nitrogens with one attached hydrogen (secondary N) is 2. The molecule has 0 aliphatic heterocycles. The molecule has 1 aromatic carbocycles. The summed E-state index contributed by atoms with van der Waals surface area (Å²) in [7, 11) is 1.89. The molecular weight excluding hydrogens is 320 g/mol. The molecule has 1 atom stereocenters. The number of rotatable bonds is 7. The molecule has 1 heterocycles. The molecule has 0 amide bonds. The SMILES string of the molecule is CCCn1c(N)c(C(=O)C[NH+](C)Cc2ccccc2C)c(=O)[nH]c1=O. The zero-order chi connectivity index (χ0) is 18.6. The number of Topliss-reactive ketones (excluding diaryl/α,β-unsaturated/α-hetero) is 1. The van der Waals surface area contributed by atoms with Crippen molar-refractivity contribution < 1.29 is 9.69 Å². The van der Waals surface area contributed by atoms with Crippen LogP contribution in [0, 0.1) is 6.92 Å². The number of ketones is 1. The summed E-state index contributed by atoms with van der Waals surface area (Å²) in [5.74, 6) is -0.418. The molecule has 1 unspecified atom stereocenters. The Hall–Kier alpha value is -2.67. The number of nitrogens with zero attached hydrogens (tertiary/aromatic N) is 1. The number of carbonyl (C=O) groups is 1. The summed E-state index contributed by atoms with van der Waals surface area (Å²) < 4.78 is 1.24. The summed E-state index contributed by atoms with van der Waals surface area (Å²) in [6, 6.07) is 7.97. The third kappa shape index (κ3) is 4.24. The van der Waals surface area contributed by atoms with E-state index in [4.69, 9.17) is 5.73 Å². The first-order valence-corrected chi connectivity index (χ1v) is 8.36. The highest BCUT2D eigenvalue weighted by Crippen LogP contribution is 2.06. The number of H-pyrrole nitrogens is 1. The van der Waals surface area contributed by atoms with E-state index in [0.29, 0.717) is 19.5 Å². The lowest BCUT2D eigenvalue weighted by molar-refractivity contribution is -0.884. The molecule has 7 heteroatoms. The monoisotopic (exact) mass is 345 g/mol. The average Bonchev–Trinajstić information content (AvgIpc) is 2.53. The van der Waals surface area contributed by atoms with Crippen LogP contribution in [0.3, 0.4) is 0 Å². The summed E-state index contributed by atoms with van der Waals surface area (Å²) >= 11 is 0. The minimum absolute atomic E-state index is 0.0516. The number of benzene rings is 1. The second-order valence-electron chi connectivity index (χ2n) is 6.33. The molecule has 2 aromatic rings. The summed E-state index contributed by atoms with van der Waals surface area (Å²) in [5, 5.41) is 0. The Kier molecular flexibility index (Phi) is 5.93. The highest BCUT2D eigenvalue weighted by molar-refractivity contribution is 6.00. The number of anilines is 1. The van der Waals surface area contributed by atoms with E-state index in [-0.39, 0.29) is 23.7 Å². The van der Waals surface area contributed by atoms with Gasteiger partial charge in [0.05, 0.1) is 7.05 Å². The Morgan fingerprint density at radius 2 is 1.96 bits per heavy atom. The van der Waals surface area contributed by atoms with Crippen LogP contribution < -0.4 is 21.9 Å². The Labute approximate surface area is 146 Å². The van der Waals surface area contributed by atoms with Gasteiger partial charge in [-0.15, -0.1) is 0 Å². The van der Waals surface area contributed by atoms with E-state index in [1.54, 1.807) is 0 Å². The summed E-state index contributed by atoms with van der Waals surface area (Å²) in [4.78, 5) is 39.6. The maximum Gasteiger partial charge on any atom is 0.329 e. The van der Waals surface area contributed by atoms with Gasteiger partial charge < -0.3 is 10.6 Å². The minimum atomic E-state index is -0.719. The quantitative estimate of drug-likeness (QED) is 0.601. The zero-order valence-electron chi connectivity index (χ0n) is 14.9. The number of hydrogen-bond acceptors (Lipinski definition) is 4. The molecule has 134 valence electrons. The zero-order valence-corrected chi connectivity index (χ0v) is 14.9. The number of nitrogen functional groups attached to an aromatic ring is 1.